The van der Waals surface area contributed by atoms with Crippen molar-refractivity contribution in [1.82, 2.24) is 5.32 Å². The molecule has 0 heterocycles. The molecule has 0 unspecified atom stereocenters. The van der Waals surface area contributed by atoms with E-state index in [0.717, 1.165) is 22.7 Å². The molecule has 0 aliphatic carbocycles. The summed E-state index contributed by atoms with van der Waals surface area (Å²) in [6.45, 7) is 3.90. The van der Waals surface area contributed by atoms with E-state index in [9.17, 15) is 18.0 Å². The van der Waals surface area contributed by atoms with E-state index in [2.05, 4.69) is 10.6 Å². The Morgan fingerprint density at radius 3 is 2.12 bits per heavy atom. The molecule has 0 fully saturated rings. The minimum absolute atomic E-state index is 0.0521. The minimum Gasteiger partial charge on any atom is -0.457 e. The highest BCUT2D eigenvalue weighted by atomic mass is 32.2. The van der Waals surface area contributed by atoms with Gasteiger partial charge in [0.05, 0.1) is 21.8 Å². The zero-order chi connectivity index (χ0) is 29.2. The summed E-state index contributed by atoms with van der Waals surface area (Å²) in [7, 11) is -4.12. The second-order valence-corrected chi connectivity index (χ2v) is 11.3. The molecule has 0 bridgehead atoms. The van der Waals surface area contributed by atoms with Crippen LogP contribution in [-0.4, -0.2) is 33.3 Å². The molecule has 0 atom stereocenters. The third-order valence-electron chi connectivity index (χ3n) is 6.26. The molecule has 0 saturated heterocycles. The summed E-state index contributed by atoms with van der Waals surface area (Å²) in [4.78, 5) is 26.1. The predicted molar refractivity (Wildman–Crippen MR) is 161 cm³/mol. The van der Waals surface area contributed by atoms with Crippen LogP contribution in [0.15, 0.2) is 108 Å². The number of anilines is 2. The van der Waals surface area contributed by atoms with Crippen molar-refractivity contribution in [3.05, 3.63) is 114 Å². The summed E-state index contributed by atoms with van der Waals surface area (Å²) < 4.78 is 34.4. The Morgan fingerprint density at radius 1 is 0.805 bits per heavy atom. The molecule has 9 heteroatoms. The molecule has 2 N–H and O–H groups in total. The highest BCUT2D eigenvalue weighted by Crippen LogP contribution is 2.28. The monoisotopic (exact) mass is 571 g/mol. The van der Waals surface area contributed by atoms with Crippen LogP contribution < -0.4 is 19.7 Å². The van der Waals surface area contributed by atoms with Crippen molar-refractivity contribution in [2.24, 2.45) is 0 Å². The van der Waals surface area contributed by atoms with Gasteiger partial charge in [0, 0.05) is 6.54 Å². The molecule has 0 radical (unpaired) electrons. The second-order valence-electron chi connectivity index (χ2n) is 9.44. The number of benzene rings is 4. The summed E-state index contributed by atoms with van der Waals surface area (Å²) in [6.07, 6.45) is 1.77. The van der Waals surface area contributed by atoms with Gasteiger partial charge in [0.25, 0.3) is 15.9 Å². The van der Waals surface area contributed by atoms with Gasteiger partial charge in [-0.05, 0) is 74.0 Å². The van der Waals surface area contributed by atoms with E-state index in [1.807, 2.05) is 44.2 Å². The van der Waals surface area contributed by atoms with Crippen molar-refractivity contribution in [1.29, 1.82) is 0 Å². The Balaban J connectivity index is 1.60. The lowest BCUT2D eigenvalue weighted by Gasteiger charge is -2.24. The first-order chi connectivity index (χ1) is 19.8. The fraction of sp³-hybridized carbons (Fsp3) is 0.188. The molecule has 4 aromatic carbocycles. The highest BCUT2D eigenvalue weighted by Gasteiger charge is 2.28. The van der Waals surface area contributed by atoms with Crippen molar-refractivity contribution in [2.75, 3.05) is 22.7 Å². The Bertz CT molecular complexity index is 1570. The summed E-state index contributed by atoms with van der Waals surface area (Å²) in [6, 6.07) is 28.7. The van der Waals surface area contributed by atoms with E-state index >= 15 is 0 Å². The molecule has 8 nitrogen and oxygen atoms in total. The van der Waals surface area contributed by atoms with E-state index in [1.165, 1.54) is 12.1 Å². The maximum Gasteiger partial charge on any atom is 0.264 e. The third kappa shape index (κ3) is 7.73. The van der Waals surface area contributed by atoms with Crippen LogP contribution in [0.1, 0.15) is 35.7 Å². The molecular weight excluding hydrogens is 538 g/mol. The first-order valence-corrected chi connectivity index (χ1v) is 14.8. The maximum atomic E-state index is 13.8. The fourth-order valence-corrected chi connectivity index (χ4v) is 5.46. The molecule has 41 heavy (non-hydrogen) atoms. The number of carbonyl (C=O) groups excluding carboxylic acids is 2. The van der Waals surface area contributed by atoms with Gasteiger partial charge >= 0.3 is 0 Å². The SMILES string of the molecule is CCCCNC(=O)c1ccccc1NC(=O)CN(c1ccc(Oc2ccccc2)cc1)S(=O)(=O)c1ccc(C)cc1. The molecule has 0 aliphatic rings. The van der Waals surface area contributed by atoms with Crippen molar-refractivity contribution in [3.8, 4) is 11.5 Å². The Hall–Kier alpha value is -4.63. The number of amides is 2. The van der Waals surface area contributed by atoms with E-state index in [1.54, 1.807) is 60.7 Å². The average Bonchev–Trinajstić information content (AvgIpc) is 2.97. The number of para-hydroxylation sites is 2. The number of rotatable bonds is 12. The zero-order valence-electron chi connectivity index (χ0n) is 23.0. The lowest BCUT2D eigenvalue weighted by Crippen LogP contribution is -2.38. The quantitative estimate of drug-likeness (QED) is 0.199. The molecule has 2 amide bonds. The van der Waals surface area contributed by atoms with Crippen molar-refractivity contribution < 1.29 is 22.7 Å². The molecule has 4 aromatic rings. The van der Waals surface area contributed by atoms with Gasteiger partial charge in [-0.2, -0.15) is 0 Å². The topological polar surface area (TPSA) is 105 Å². The van der Waals surface area contributed by atoms with Crippen LogP contribution >= 0.6 is 0 Å². The summed E-state index contributed by atoms with van der Waals surface area (Å²) in [5.74, 6) is 0.243. The van der Waals surface area contributed by atoms with Gasteiger partial charge in [-0.25, -0.2) is 8.42 Å². The van der Waals surface area contributed by atoms with Gasteiger partial charge < -0.3 is 15.4 Å². The first-order valence-electron chi connectivity index (χ1n) is 13.4. The molecule has 0 aliphatic heterocycles. The van der Waals surface area contributed by atoms with E-state index in [-0.39, 0.29) is 16.5 Å². The Morgan fingerprint density at radius 2 is 1.44 bits per heavy atom. The second kappa shape index (κ2) is 13.6. The van der Waals surface area contributed by atoms with Crippen LogP contribution in [0.2, 0.25) is 0 Å². The van der Waals surface area contributed by atoms with Gasteiger partial charge in [-0.1, -0.05) is 61.4 Å². The standard InChI is InChI=1S/C32H33N3O5S/c1-3-4-22-33-32(37)29-12-8-9-13-30(29)34-31(36)23-35(41(38,39)28-20-14-24(2)15-21-28)25-16-18-27(19-17-25)40-26-10-6-5-7-11-26/h5-21H,3-4,22-23H2,1-2H3,(H,33,37)(H,34,36). The van der Waals surface area contributed by atoms with Crippen LogP contribution in [0.4, 0.5) is 11.4 Å². The van der Waals surface area contributed by atoms with Crippen LogP contribution in [0.25, 0.3) is 0 Å². The van der Waals surface area contributed by atoms with Gasteiger partial charge in [-0.15, -0.1) is 0 Å². The average molecular weight is 572 g/mol. The Kier molecular flexibility index (Phi) is 9.76. The van der Waals surface area contributed by atoms with Crippen LogP contribution in [0, 0.1) is 6.92 Å². The number of hydrogen-bond donors (Lipinski definition) is 2. The van der Waals surface area contributed by atoms with Gasteiger partial charge in [0.15, 0.2) is 0 Å². The van der Waals surface area contributed by atoms with Gasteiger partial charge in [-0.3, -0.25) is 13.9 Å². The first kappa shape index (κ1) is 29.4. The van der Waals surface area contributed by atoms with E-state index in [4.69, 9.17) is 4.74 Å². The molecule has 212 valence electrons. The predicted octanol–water partition coefficient (Wildman–Crippen LogP) is 6.15. The van der Waals surface area contributed by atoms with Gasteiger partial charge in [0.1, 0.15) is 18.0 Å². The van der Waals surface area contributed by atoms with E-state index < -0.39 is 22.5 Å². The number of ether oxygens (including phenoxy) is 1. The summed E-state index contributed by atoms with van der Waals surface area (Å²) in [5.41, 5.74) is 1.79. The normalized spacial score (nSPS) is 11.0. The summed E-state index contributed by atoms with van der Waals surface area (Å²) >= 11 is 0. The highest BCUT2D eigenvalue weighted by molar-refractivity contribution is 7.92. The number of unbranched alkanes of at least 4 members (excludes halogenated alkanes) is 1. The molecule has 4 rings (SSSR count). The number of sulfonamides is 1. The van der Waals surface area contributed by atoms with Gasteiger partial charge in [0.2, 0.25) is 5.91 Å². The number of nitrogens with zero attached hydrogens (tertiary/aromatic N) is 1. The van der Waals surface area contributed by atoms with Crippen molar-refractivity contribution >= 4 is 33.2 Å². The summed E-state index contributed by atoms with van der Waals surface area (Å²) in [5, 5.41) is 5.57. The van der Waals surface area contributed by atoms with Crippen molar-refractivity contribution in [3.63, 3.8) is 0 Å². The zero-order valence-corrected chi connectivity index (χ0v) is 23.9. The maximum absolute atomic E-state index is 13.8. The van der Waals surface area contributed by atoms with Crippen LogP contribution in [0.5, 0.6) is 11.5 Å². The number of nitrogens with one attached hydrogen (secondary N) is 2. The van der Waals surface area contributed by atoms with Crippen LogP contribution in [0.3, 0.4) is 0 Å². The smallest absolute Gasteiger partial charge is 0.264 e. The largest absolute Gasteiger partial charge is 0.457 e. The number of carbonyl (C=O) groups is 2. The van der Waals surface area contributed by atoms with E-state index in [0.29, 0.717) is 29.3 Å². The Labute approximate surface area is 241 Å². The molecule has 0 spiro atoms. The molecule has 0 saturated carbocycles. The molecular formula is C32H33N3O5S. The lowest BCUT2D eigenvalue weighted by atomic mass is 10.1. The number of aryl methyl sites for hydroxylation is 1. The lowest BCUT2D eigenvalue weighted by molar-refractivity contribution is -0.114. The fourth-order valence-electron chi connectivity index (χ4n) is 4.04. The number of hydrogen-bond acceptors (Lipinski definition) is 5. The van der Waals surface area contributed by atoms with Crippen LogP contribution in [-0.2, 0) is 14.8 Å². The van der Waals surface area contributed by atoms with Crippen molar-refractivity contribution in [2.45, 2.75) is 31.6 Å². The third-order valence-corrected chi connectivity index (χ3v) is 8.05. The minimum atomic E-state index is -4.12. The molecule has 0 aromatic heterocycles.